The van der Waals surface area contributed by atoms with Crippen LogP contribution < -0.4 is 4.74 Å². The van der Waals surface area contributed by atoms with Crippen LogP contribution in [0.1, 0.15) is 10.4 Å². The van der Waals surface area contributed by atoms with E-state index in [0.717, 1.165) is 5.39 Å². The molecule has 0 bridgehead atoms. The first-order chi connectivity index (χ1) is 7.63. The Kier molecular flexibility index (Phi) is 2.36. The number of carboxylic acids is 1. The summed E-state index contributed by atoms with van der Waals surface area (Å²) in [5.74, 6) is -1.95. The molecule has 2 N–H and O–H groups in total. The number of aromatic nitrogens is 1. The van der Waals surface area contributed by atoms with E-state index in [1.54, 1.807) is 12.3 Å². The minimum absolute atomic E-state index is 0.0966. The number of carbonyl (C=O) groups excluding carboxylic acids is 1. The Balaban J connectivity index is 2.64. The van der Waals surface area contributed by atoms with E-state index in [4.69, 9.17) is 9.84 Å². The lowest BCUT2D eigenvalue weighted by Crippen LogP contribution is -2.12. The van der Waals surface area contributed by atoms with E-state index in [1.807, 2.05) is 0 Å². The lowest BCUT2D eigenvalue weighted by Gasteiger charge is -2.04. The Morgan fingerprint density at radius 1 is 1.38 bits per heavy atom. The highest BCUT2D eigenvalue weighted by atomic mass is 16.5. The quantitative estimate of drug-likeness (QED) is 0.604. The summed E-state index contributed by atoms with van der Waals surface area (Å²) in [7, 11) is 1.47. The third kappa shape index (κ3) is 1.52. The van der Waals surface area contributed by atoms with Crippen LogP contribution in [0, 0.1) is 0 Å². The molecule has 0 radical (unpaired) electrons. The number of carboxylic acid groups (broad SMARTS) is 1. The van der Waals surface area contributed by atoms with Gasteiger partial charge in [0.15, 0.2) is 0 Å². The van der Waals surface area contributed by atoms with E-state index in [0.29, 0.717) is 11.3 Å². The molecule has 5 heteroatoms. The fourth-order valence-corrected chi connectivity index (χ4v) is 1.56. The van der Waals surface area contributed by atoms with Crippen molar-refractivity contribution < 1.29 is 19.4 Å². The van der Waals surface area contributed by atoms with Crippen molar-refractivity contribution in [3.05, 3.63) is 30.0 Å². The lowest BCUT2D eigenvalue weighted by atomic mass is 10.1. The van der Waals surface area contributed by atoms with Crippen LogP contribution in [0.2, 0.25) is 0 Å². The fraction of sp³-hybridized carbons (Fsp3) is 0.0909. The molecule has 5 nitrogen and oxygen atoms in total. The summed E-state index contributed by atoms with van der Waals surface area (Å²) in [6, 6.07) is 4.71. The zero-order valence-corrected chi connectivity index (χ0v) is 8.48. The second-order valence-electron chi connectivity index (χ2n) is 3.25. The second kappa shape index (κ2) is 3.69. The molecular weight excluding hydrogens is 210 g/mol. The molecule has 0 saturated carbocycles. The number of methoxy groups -OCH3 is 1. The van der Waals surface area contributed by atoms with Crippen molar-refractivity contribution in [3.8, 4) is 5.75 Å². The van der Waals surface area contributed by atoms with E-state index in [9.17, 15) is 9.59 Å². The highest BCUT2D eigenvalue weighted by Gasteiger charge is 2.17. The molecule has 0 saturated heterocycles. The van der Waals surface area contributed by atoms with Gasteiger partial charge in [0.05, 0.1) is 7.11 Å². The third-order valence-electron chi connectivity index (χ3n) is 2.31. The molecule has 16 heavy (non-hydrogen) atoms. The van der Waals surface area contributed by atoms with Crippen LogP contribution in [0.3, 0.4) is 0 Å². The van der Waals surface area contributed by atoms with Gasteiger partial charge in [0.2, 0.25) is 0 Å². The molecule has 0 spiro atoms. The number of nitrogens with one attached hydrogen (secondary N) is 1. The van der Waals surface area contributed by atoms with Crippen LogP contribution in [0.4, 0.5) is 0 Å². The van der Waals surface area contributed by atoms with E-state index >= 15 is 0 Å². The zero-order chi connectivity index (χ0) is 11.7. The average molecular weight is 219 g/mol. The van der Waals surface area contributed by atoms with Gasteiger partial charge in [-0.05, 0) is 18.2 Å². The highest BCUT2D eigenvalue weighted by Crippen LogP contribution is 2.26. The first kappa shape index (κ1) is 10.2. The number of ketones is 1. The second-order valence-corrected chi connectivity index (χ2v) is 3.25. The Hall–Kier alpha value is -2.30. The number of hydrogen-bond donors (Lipinski definition) is 2. The molecule has 1 aromatic heterocycles. The van der Waals surface area contributed by atoms with E-state index in [1.165, 1.54) is 19.2 Å². The summed E-state index contributed by atoms with van der Waals surface area (Å²) in [5.41, 5.74) is 0.767. The first-order valence-corrected chi connectivity index (χ1v) is 4.56. The molecular formula is C11H9NO4. The van der Waals surface area contributed by atoms with Crippen LogP contribution in [0.5, 0.6) is 5.75 Å². The Morgan fingerprint density at radius 3 is 2.75 bits per heavy atom. The molecule has 0 aliphatic carbocycles. The molecule has 2 rings (SSSR count). The first-order valence-electron chi connectivity index (χ1n) is 4.56. The maximum atomic E-state index is 11.3. The maximum absolute atomic E-state index is 11.3. The average Bonchev–Trinajstić information content (AvgIpc) is 2.74. The van der Waals surface area contributed by atoms with Gasteiger partial charge >= 0.3 is 5.97 Å². The van der Waals surface area contributed by atoms with Gasteiger partial charge in [0.1, 0.15) is 5.75 Å². The number of Topliss-reactive ketones (excluding diaryl/α,β-unsaturated/α-hetero) is 1. The number of aromatic amines is 1. The van der Waals surface area contributed by atoms with Gasteiger partial charge in [-0.15, -0.1) is 0 Å². The van der Waals surface area contributed by atoms with Crippen LogP contribution >= 0.6 is 0 Å². The number of benzene rings is 1. The maximum Gasteiger partial charge on any atom is 0.377 e. The van der Waals surface area contributed by atoms with Crippen molar-refractivity contribution >= 4 is 22.7 Å². The summed E-state index contributed by atoms with van der Waals surface area (Å²) in [6.07, 6.45) is 1.70. The summed E-state index contributed by atoms with van der Waals surface area (Å²) in [6.45, 7) is 0. The van der Waals surface area contributed by atoms with E-state index in [2.05, 4.69) is 4.98 Å². The summed E-state index contributed by atoms with van der Waals surface area (Å²) < 4.78 is 5.09. The molecule has 1 aromatic carbocycles. The predicted octanol–water partition coefficient (Wildman–Crippen LogP) is 1.44. The van der Waals surface area contributed by atoms with Crippen LogP contribution in [0.25, 0.3) is 10.9 Å². The molecule has 82 valence electrons. The zero-order valence-electron chi connectivity index (χ0n) is 8.48. The van der Waals surface area contributed by atoms with Crippen molar-refractivity contribution in [1.29, 1.82) is 0 Å². The van der Waals surface area contributed by atoms with Gasteiger partial charge in [0, 0.05) is 22.7 Å². The van der Waals surface area contributed by atoms with Gasteiger partial charge in [-0.25, -0.2) is 4.79 Å². The van der Waals surface area contributed by atoms with Gasteiger partial charge < -0.3 is 14.8 Å². The Labute approximate surface area is 90.6 Å². The third-order valence-corrected chi connectivity index (χ3v) is 2.31. The van der Waals surface area contributed by atoms with Gasteiger partial charge in [-0.1, -0.05) is 0 Å². The van der Waals surface area contributed by atoms with Gasteiger partial charge in [-0.2, -0.15) is 0 Å². The smallest absolute Gasteiger partial charge is 0.377 e. The van der Waals surface area contributed by atoms with E-state index < -0.39 is 11.8 Å². The molecule has 0 aliphatic heterocycles. The van der Waals surface area contributed by atoms with Crippen molar-refractivity contribution in [2.45, 2.75) is 0 Å². The number of carbonyl (C=O) groups is 2. The number of aliphatic carboxylic acids is 1. The van der Waals surface area contributed by atoms with Crippen LogP contribution in [-0.4, -0.2) is 29.0 Å². The molecule has 0 aliphatic rings. The SMILES string of the molecule is COc1cc(C(=O)C(=O)O)cc2[nH]ccc12. The van der Waals surface area contributed by atoms with Crippen molar-refractivity contribution in [2.24, 2.45) is 0 Å². The minimum Gasteiger partial charge on any atom is -0.496 e. The van der Waals surface area contributed by atoms with Crippen LogP contribution in [-0.2, 0) is 4.79 Å². The minimum atomic E-state index is -1.48. The Bertz CT molecular complexity index is 570. The lowest BCUT2D eigenvalue weighted by molar-refractivity contribution is -0.131. The monoisotopic (exact) mass is 219 g/mol. The largest absolute Gasteiger partial charge is 0.496 e. The Morgan fingerprint density at radius 2 is 2.12 bits per heavy atom. The van der Waals surface area contributed by atoms with Crippen molar-refractivity contribution in [3.63, 3.8) is 0 Å². The van der Waals surface area contributed by atoms with Gasteiger partial charge in [-0.3, -0.25) is 4.79 Å². The van der Waals surface area contributed by atoms with Crippen molar-refractivity contribution in [2.75, 3.05) is 7.11 Å². The molecule has 0 unspecified atom stereocenters. The molecule has 2 aromatic rings. The van der Waals surface area contributed by atoms with E-state index in [-0.39, 0.29) is 5.56 Å². The normalized spacial score (nSPS) is 10.3. The summed E-state index contributed by atoms with van der Waals surface area (Å²) in [5, 5.41) is 9.43. The predicted molar refractivity (Wildman–Crippen MR) is 56.8 cm³/mol. The number of hydrogen-bond acceptors (Lipinski definition) is 3. The molecule has 1 heterocycles. The topological polar surface area (TPSA) is 79.4 Å². The number of rotatable bonds is 3. The van der Waals surface area contributed by atoms with Crippen LogP contribution in [0.15, 0.2) is 24.4 Å². The number of fused-ring (bicyclic) bond motifs is 1. The molecule has 0 fully saturated rings. The van der Waals surface area contributed by atoms with Crippen molar-refractivity contribution in [1.82, 2.24) is 4.98 Å². The molecule has 0 atom stereocenters. The summed E-state index contributed by atoms with van der Waals surface area (Å²) >= 11 is 0. The van der Waals surface area contributed by atoms with Gasteiger partial charge in [0.25, 0.3) is 5.78 Å². The standard InChI is InChI=1S/C11H9NO4/c1-16-9-5-6(10(13)11(14)15)4-8-7(9)2-3-12-8/h2-5,12H,1H3,(H,14,15). The number of ether oxygens (including phenoxy) is 1. The molecule has 0 amide bonds. The number of H-pyrrole nitrogens is 1. The fourth-order valence-electron chi connectivity index (χ4n) is 1.56. The summed E-state index contributed by atoms with van der Waals surface area (Å²) in [4.78, 5) is 24.8. The highest BCUT2D eigenvalue weighted by molar-refractivity contribution is 6.40.